The summed E-state index contributed by atoms with van der Waals surface area (Å²) < 4.78 is 1.30. The van der Waals surface area contributed by atoms with Crippen molar-refractivity contribution in [1.82, 2.24) is 0 Å². The highest BCUT2D eigenvalue weighted by atomic mass is 79.9. The van der Waals surface area contributed by atoms with E-state index in [0.29, 0.717) is 15.5 Å². The molecule has 2 aromatic rings. The van der Waals surface area contributed by atoms with Crippen LogP contribution in [-0.2, 0) is 6.54 Å². The van der Waals surface area contributed by atoms with Gasteiger partial charge in [-0.25, -0.2) is 0 Å². The molecular formula is C13H11Br2NO2. The highest BCUT2D eigenvalue weighted by Gasteiger charge is 2.05. The van der Waals surface area contributed by atoms with E-state index in [1.165, 1.54) is 0 Å². The Morgan fingerprint density at radius 3 is 2.06 bits per heavy atom. The van der Waals surface area contributed by atoms with E-state index in [1.807, 2.05) is 12.1 Å². The molecule has 5 heteroatoms. The number of hydrogen-bond acceptors (Lipinski definition) is 3. The highest BCUT2D eigenvalue weighted by molar-refractivity contribution is 9.11. The summed E-state index contributed by atoms with van der Waals surface area (Å²) in [5.41, 5.74) is 1.95. The second-order valence-electron chi connectivity index (χ2n) is 3.81. The lowest BCUT2D eigenvalue weighted by Gasteiger charge is -2.09. The summed E-state index contributed by atoms with van der Waals surface area (Å²) in [6, 6.07) is 10.6. The molecule has 18 heavy (non-hydrogen) atoms. The molecule has 2 rings (SSSR count). The van der Waals surface area contributed by atoms with Crippen molar-refractivity contribution in [2.24, 2.45) is 0 Å². The molecule has 0 radical (unpaired) electrons. The van der Waals surface area contributed by atoms with Crippen LogP contribution < -0.4 is 5.32 Å². The normalized spacial score (nSPS) is 10.3. The zero-order valence-electron chi connectivity index (χ0n) is 9.32. The van der Waals surface area contributed by atoms with Crippen LogP contribution in [0.4, 0.5) is 5.69 Å². The van der Waals surface area contributed by atoms with Crippen molar-refractivity contribution < 1.29 is 10.2 Å². The standard InChI is InChI=1S/C13H11Br2NO2/c14-11-5-8(6-12(15)13(11)18)7-16-9-1-3-10(17)4-2-9/h1-6,16-18H,7H2. The van der Waals surface area contributed by atoms with E-state index in [1.54, 1.807) is 24.3 Å². The Balaban J connectivity index is 2.08. The minimum absolute atomic E-state index is 0.198. The van der Waals surface area contributed by atoms with Crippen molar-refractivity contribution in [3.8, 4) is 11.5 Å². The van der Waals surface area contributed by atoms with E-state index < -0.39 is 0 Å². The molecule has 0 aliphatic rings. The van der Waals surface area contributed by atoms with Gasteiger partial charge in [-0.15, -0.1) is 0 Å². The number of benzene rings is 2. The van der Waals surface area contributed by atoms with Crippen LogP contribution in [0.3, 0.4) is 0 Å². The van der Waals surface area contributed by atoms with Gasteiger partial charge >= 0.3 is 0 Å². The maximum absolute atomic E-state index is 9.60. The van der Waals surface area contributed by atoms with Gasteiger partial charge < -0.3 is 15.5 Å². The molecular weight excluding hydrogens is 362 g/mol. The van der Waals surface area contributed by atoms with Crippen molar-refractivity contribution in [1.29, 1.82) is 0 Å². The molecule has 0 unspecified atom stereocenters. The Morgan fingerprint density at radius 2 is 1.50 bits per heavy atom. The highest BCUT2D eigenvalue weighted by Crippen LogP contribution is 2.33. The lowest BCUT2D eigenvalue weighted by molar-refractivity contribution is 0.468. The summed E-state index contributed by atoms with van der Waals surface area (Å²) in [6.45, 7) is 0.627. The number of nitrogens with one attached hydrogen (secondary N) is 1. The van der Waals surface area contributed by atoms with Crippen LogP contribution in [0.5, 0.6) is 11.5 Å². The van der Waals surface area contributed by atoms with Gasteiger partial charge in [-0.2, -0.15) is 0 Å². The van der Waals surface area contributed by atoms with Gasteiger partial charge in [-0.3, -0.25) is 0 Å². The molecule has 0 saturated carbocycles. The molecule has 3 nitrogen and oxygen atoms in total. The van der Waals surface area contributed by atoms with Crippen LogP contribution in [0.15, 0.2) is 45.3 Å². The molecule has 0 saturated heterocycles. The van der Waals surface area contributed by atoms with E-state index in [2.05, 4.69) is 37.2 Å². The van der Waals surface area contributed by atoms with Crippen LogP contribution in [0.2, 0.25) is 0 Å². The Morgan fingerprint density at radius 1 is 0.944 bits per heavy atom. The first-order valence-corrected chi connectivity index (χ1v) is 6.84. The average molecular weight is 373 g/mol. The van der Waals surface area contributed by atoms with Crippen LogP contribution in [-0.4, -0.2) is 10.2 Å². The molecule has 94 valence electrons. The molecule has 0 aromatic heterocycles. The third-order valence-electron chi connectivity index (χ3n) is 2.44. The van der Waals surface area contributed by atoms with Crippen molar-refractivity contribution in [3.63, 3.8) is 0 Å². The van der Waals surface area contributed by atoms with Gasteiger partial charge in [0.15, 0.2) is 0 Å². The summed E-state index contributed by atoms with van der Waals surface area (Å²) in [7, 11) is 0. The smallest absolute Gasteiger partial charge is 0.143 e. The summed E-state index contributed by atoms with van der Waals surface area (Å²) in [4.78, 5) is 0. The number of phenols is 2. The first-order chi connectivity index (χ1) is 8.56. The second kappa shape index (κ2) is 5.63. The molecule has 0 aliphatic heterocycles. The summed E-state index contributed by atoms with van der Waals surface area (Å²) >= 11 is 6.58. The Labute approximate surface area is 122 Å². The monoisotopic (exact) mass is 371 g/mol. The number of rotatable bonds is 3. The average Bonchev–Trinajstić information content (AvgIpc) is 2.35. The second-order valence-corrected chi connectivity index (χ2v) is 5.52. The molecule has 0 heterocycles. The molecule has 0 amide bonds. The SMILES string of the molecule is Oc1ccc(NCc2cc(Br)c(O)c(Br)c2)cc1. The lowest BCUT2D eigenvalue weighted by atomic mass is 10.2. The fourth-order valence-electron chi connectivity index (χ4n) is 1.50. The van der Waals surface area contributed by atoms with Crippen LogP contribution in [0.1, 0.15) is 5.56 Å². The van der Waals surface area contributed by atoms with Gasteiger partial charge in [0.05, 0.1) is 8.95 Å². The number of phenolic OH excluding ortho intramolecular Hbond substituents is 2. The van der Waals surface area contributed by atoms with Crippen molar-refractivity contribution in [2.75, 3.05) is 5.32 Å². The quantitative estimate of drug-likeness (QED) is 0.706. The Hall–Kier alpha value is -1.20. The van der Waals surface area contributed by atoms with E-state index in [9.17, 15) is 10.2 Å². The molecule has 0 atom stereocenters. The minimum Gasteiger partial charge on any atom is -0.508 e. The number of anilines is 1. The topological polar surface area (TPSA) is 52.5 Å². The van der Waals surface area contributed by atoms with E-state index in [-0.39, 0.29) is 11.5 Å². The maximum atomic E-state index is 9.60. The first-order valence-electron chi connectivity index (χ1n) is 5.26. The Kier molecular flexibility index (Phi) is 4.14. The van der Waals surface area contributed by atoms with Crippen LogP contribution in [0.25, 0.3) is 0 Å². The predicted octanol–water partition coefficient (Wildman–Crippen LogP) is 4.23. The third kappa shape index (κ3) is 3.17. The van der Waals surface area contributed by atoms with Crippen molar-refractivity contribution >= 4 is 37.5 Å². The summed E-state index contributed by atoms with van der Waals surface area (Å²) in [6.07, 6.45) is 0. The molecule has 0 aliphatic carbocycles. The van der Waals surface area contributed by atoms with Gasteiger partial charge in [-0.05, 0) is 73.8 Å². The van der Waals surface area contributed by atoms with Crippen molar-refractivity contribution in [3.05, 3.63) is 50.9 Å². The zero-order chi connectivity index (χ0) is 13.1. The minimum atomic E-state index is 0.198. The fourth-order valence-corrected chi connectivity index (χ4v) is 2.78. The summed E-state index contributed by atoms with van der Waals surface area (Å²) in [5, 5.41) is 22.0. The molecule has 0 spiro atoms. The molecule has 0 bridgehead atoms. The van der Waals surface area contributed by atoms with Gasteiger partial charge in [0.2, 0.25) is 0 Å². The van der Waals surface area contributed by atoms with Crippen molar-refractivity contribution in [2.45, 2.75) is 6.54 Å². The van der Waals surface area contributed by atoms with E-state index in [0.717, 1.165) is 11.3 Å². The van der Waals surface area contributed by atoms with E-state index >= 15 is 0 Å². The number of hydrogen-bond donors (Lipinski definition) is 3. The molecule has 2 aromatic carbocycles. The zero-order valence-corrected chi connectivity index (χ0v) is 12.5. The largest absolute Gasteiger partial charge is 0.508 e. The Bertz CT molecular complexity index is 532. The van der Waals surface area contributed by atoms with Gasteiger partial charge in [0.1, 0.15) is 11.5 Å². The van der Waals surface area contributed by atoms with Gasteiger partial charge in [0, 0.05) is 12.2 Å². The fraction of sp³-hybridized carbons (Fsp3) is 0.0769. The predicted molar refractivity (Wildman–Crippen MR) is 78.9 cm³/mol. The summed E-state index contributed by atoms with van der Waals surface area (Å²) in [5.74, 6) is 0.444. The first kappa shape index (κ1) is 13.2. The molecule has 0 fully saturated rings. The third-order valence-corrected chi connectivity index (χ3v) is 3.65. The number of aromatic hydroxyl groups is 2. The van der Waals surface area contributed by atoms with E-state index in [4.69, 9.17) is 0 Å². The maximum Gasteiger partial charge on any atom is 0.143 e. The number of halogens is 2. The molecule has 3 N–H and O–H groups in total. The van der Waals surface area contributed by atoms with Crippen LogP contribution >= 0.6 is 31.9 Å². The van der Waals surface area contributed by atoms with Gasteiger partial charge in [-0.1, -0.05) is 0 Å². The van der Waals surface area contributed by atoms with Gasteiger partial charge in [0.25, 0.3) is 0 Å². The lowest BCUT2D eigenvalue weighted by Crippen LogP contribution is -1.99. The van der Waals surface area contributed by atoms with Crippen LogP contribution in [0, 0.1) is 0 Å².